The number of rotatable bonds is 2. The zero-order valence-electron chi connectivity index (χ0n) is 10.9. The Bertz CT molecular complexity index is 574. The molecule has 1 aliphatic heterocycles. The molecule has 2 amide bonds. The molecule has 1 saturated heterocycles. The molecular formula is C15H15N3O2. The van der Waals surface area contributed by atoms with Gasteiger partial charge in [0, 0.05) is 30.2 Å². The molecule has 3 rings (SSSR count). The van der Waals surface area contributed by atoms with Crippen LogP contribution in [0.3, 0.4) is 0 Å². The van der Waals surface area contributed by atoms with Gasteiger partial charge in [0.2, 0.25) is 0 Å². The SMILES string of the molecule is O=C(Nc1ccccc1)N1CCOC1c1cccnc1. The van der Waals surface area contributed by atoms with Crippen LogP contribution in [0.1, 0.15) is 11.8 Å². The molecule has 102 valence electrons. The van der Waals surface area contributed by atoms with Gasteiger partial charge in [-0.1, -0.05) is 24.3 Å². The summed E-state index contributed by atoms with van der Waals surface area (Å²) in [5, 5.41) is 2.87. The maximum absolute atomic E-state index is 12.3. The van der Waals surface area contributed by atoms with Crippen LogP contribution in [0, 0.1) is 0 Å². The Morgan fingerprint density at radius 3 is 2.85 bits per heavy atom. The van der Waals surface area contributed by atoms with Crippen molar-refractivity contribution in [3.8, 4) is 0 Å². The van der Waals surface area contributed by atoms with Crippen molar-refractivity contribution in [2.75, 3.05) is 18.5 Å². The number of hydrogen-bond donors (Lipinski definition) is 1. The van der Waals surface area contributed by atoms with Gasteiger partial charge >= 0.3 is 6.03 Å². The Morgan fingerprint density at radius 2 is 2.10 bits per heavy atom. The van der Waals surface area contributed by atoms with Gasteiger partial charge in [-0.3, -0.25) is 9.88 Å². The minimum absolute atomic E-state index is 0.164. The smallest absolute Gasteiger partial charge is 0.324 e. The lowest BCUT2D eigenvalue weighted by Crippen LogP contribution is -2.34. The van der Waals surface area contributed by atoms with Gasteiger partial charge in [-0.05, 0) is 18.2 Å². The quantitative estimate of drug-likeness (QED) is 0.911. The normalized spacial score (nSPS) is 18.0. The molecule has 5 nitrogen and oxygen atoms in total. The highest BCUT2D eigenvalue weighted by Crippen LogP contribution is 2.26. The van der Waals surface area contributed by atoms with Gasteiger partial charge in [-0.15, -0.1) is 0 Å². The number of nitrogens with zero attached hydrogens (tertiary/aromatic N) is 2. The first kappa shape index (κ1) is 12.6. The number of benzene rings is 1. The van der Waals surface area contributed by atoms with Crippen LogP contribution in [-0.4, -0.2) is 29.1 Å². The van der Waals surface area contributed by atoms with Crippen LogP contribution in [0.15, 0.2) is 54.9 Å². The first-order valence-corrected chi connectivity index (χ1v) is 6.49. The summed E-state index contributed by atoms with van der Waals surface area (Å²) in [6.07, 6.45) is 3.05. The number of para-hydroxylation sites is 1. The molecule has 1 atom stereocenters. The Morgan fingerprint density at radius 1 is 1.25 bits per heavy atom. The van der Waals surface area contributed by atoms with E-state index in [4.69, 9.17) is 4.74 Å². The number of nitrogens with one attached hydrogen (secondary N) is 1. The highest BCUT2D eigenvalue weighted by Gasteiger charge is 2.31. The average Bonchev–Trinajstić information content (AvgIpc) is 2.99. The number of pyridine rings is 1. The number of aromatic nitrogens is 1. The van der Waals surface area contributed by atoms with Crippen molar-refractivity contribution in [3.63, 3.8) is 0 Å². The zero-order chi connectivity index (χ0) is 13.8. The summed E-state index contributed by atoms with van der Waals surface area (Å²) in [4.78, 5) is 18.1. The number of ether oxygens (including phenoxy) is 1. The molecule has 5 heteroatoms. The van der Waals surface area contributed by atoms with E-state index in [0.29, 0.717) is 13.2 Å². The summed E-state index contributed by atoms with van der Waals surface area (Å²) in [5.74, 6) is 0. The monoisotopic (exact) mass is 269 g/mol. The lowest BCUT2D eigenvalue weighted by Gasteiger charge is -2.23. The maximum atomic E-state index is 12.3. The Hall–Kier alpha value is -2.40. The maximum Gasteiger partial charge on any atom is 0.324 e. The molecule has 1 N–H and O–H groups in total. The van der Waals surface area contributed by atoms with Crippen LogP contribution < -0.4 is 5.32 Å². The van der Waals surface area contributed by atoms with E-state index in [2.05, 4.69) is 10.3 Å². The molecule has 20 heavy (non-hydrogen) atoms. The third-order valence-electron chi connectivity index (χ3n) is 3.15. The second kappa shape index (κ2) is 5.71. The molecule has 0 aliphatic carbocycles. The van der Waals surface area contributed by atoms with Crippen molar-refractivity contribution in [2.24, 2.45) is 0 Å². The fourth-order valence-electron chi connectivity index (χ4n) is 2.19. The Balaban J connectivity index is 1.74. The van der Waals surface area contributed by atoms with E-state index in [1.807, 2.05) is 42.5 Å². The number of amides is 2. The topological polar surface area (TPSA) is 54.5 Å². The highest BCUT2D eigenvalue weighted by molar-refractivity contribution is 5.89. The summed E-state index contributed by atoms with van der Waals surface area (Å²) < 4.78 is 5.64. The average molecular weight is 269 g/mol. The van der Waals surface area contributed by atoms with Gasteiger partial charge in [0.15, 0.2) is 6.23 Å². The van der Waals surface area contributed by atoms with Crippen LogP contribution in [0.2, 0.25) is 0 Å². The molecule has 2 aromatic rings. The van der Waals surface area contributed by atoms with Crippen molar-refractivity contribution in [1.82, 2.24) is 9.88 Å². The number of urea groups is 1. The summed E-state index contributed by atoms with van der Waals surface area (Å²) in [6.45, 7) is 1.10. The lowest BCUT2D eigenvalue weighted by molar-refractivity contribution is 0.0519. The van der Waals surface area contributed by atoms with E-state index >= 15 is 0 Å². The van der Waals surface area contributed by atoms with Crippen molar-refractivity contribution in [2.45, 2.75) is 6.23 Å². The second-order valence-corrected chi connectivity index (χ2v) is 4.50. The van der Waals surface area contributed by atoms with Crippen LogP contribution in [-0.2, 0) is 4.74 Å². The van der Waals surface area contributed by atoms with Crippen LogP contribution >= 0.6 is 0 Å². The number of hydrogen-bond acceptors (Lipinski definition) is 3. The highest BCUT2D eigenvalue weighted by atomic mass is 16.5. The second-order valence-electron chi connectivity index (χ2n) is 4.50. The fourth-order valence-corrected chi connectivity index (χ4v) is 2.19. The largest absolute Gasteiger partial charge is 0.352 e. The van der Waals surface area contributed by atoms with Crippen LogP contribution in [0.25, 0.3) is 0 Å². The van der Waals surface area contributed by atoms with Gasteiger partial charge in [0.05, 0.1) is 6.61 Å². The predicted molar refractivity (Wildman–Crippen MR) is 75.1 cm³/mol. The van der Waals surface area contributed by atoms with Crippen LogP contribution in [0.5, 0.6) is 0 Å². The van der Waals surface area contributed by atoms with Crippen molar-refractivity contribution >= 4 is 11.7 Å². The number of anilines is 1. The zero-order valence-corrected chi connectivity index (χ0v) is 10.9. The van der Waals surface area contributed by atoms with Crippen LogP contribution in [0.4, 0.5) is 10.5 Å². The van der Waals surface area contributed by atoms with E-state index in [0.717, 1.165) is 11.3 Å². The van der Waals surface area contributed by atoms with Gasteiger partial charge in [0.25, 0.3) is 0 Å². The van der Waals surface area contributed by atoms with E-state index in [-0.39, 0.29) is 12.3 Å². The molecule has 1 fully saturated rings. The van der Waals surface area contributed by atoms with E-state index in [1.165, 1.54) is 0 Å². The molecule has 0 bridgehead atoms. The van der Waals surface area contributed by atoms with Gasteiger partial charge < -0.3 is 10.1 Å². The molecule has 1 aromatic heterocycles. The predicted octanol–water partition coefficient (Wildman–Crippen LogP) is 2.64. The molecule has 2 heterocycles. The van der Waals surface area contributed by atoms with Crippen molar-refractivity contribution in [1.29, 1.82) is 0 Å². The summed E-state index contributed by atoms with van der Waals surface area (Å²) in [5.41, 5.74) is 1.66. The summed E-state index contributed by atoms with van der Waals surface area (Å²) >= 11 is 0. The lowest BCUT2D eigenvalue weighted by atomic mass is 10.2. The third kappa shape index (κ3) is 2.62. The first-order valence-electron chi connectivity index (χ1n) is 6.49. The third-order valence-corrected chi connectivity index (χ3v) is 3.15. The number of carbonyl (C=O) groups is 1. The van der Waals surface area contributed by atoms with Crippen molar-refractivity contribution in [3.05, 3.63) is 60.4 Å². The van der Waals surface area contributed by atoms with Crippen molar-refractivity contribution < 1.29 is 9.53 Å². The minimum Gasteiger partial charge on any atom is -0.352 e. The summed E-state index contributed by atoms with van der Waals surface area (Å²) in [6, 6.07) is 13.0. The van der Waals surface area contributed by atoms with E-state index < -0.39 is 0 Å². The molecule has 0 saturated carbocycles. The number of carbonyl (C=O) groups excluding carboxylic acids is 1. The molecular weight excluding hydrogens is 254 g/mol. The fraction of sp³-hybridized carbons (Fsp3) is 0.200. The standard InChI is InChI=1S/C15H15N3O2/c19-15(17-13-6-2-1-3-7-13)18-9-10-20-14(18)12-5-4-8-16-11-12/h1-8,11,14H,9-10H2,(H,17,19). The van der Waals surface area contributed by atoms with Gasteiger partial charge in [0.1, 0.15) is 0 Å². The molecule has 0 spiro atoms. The molecule has 1 unspecified atom stereocenters. The molecule has 0 radical (unpaired) electrons. The molecule has 1 aliphatic rings. The Kier molecular flexibility index (Phi) is 3.60. The Labute approximate surface area is 117 Å². The van der Waals surface area contributed by atoms with Gasteiger partial charge in [-0.2, -0.15) is 0 Å². The van der Waals surface area contributed by atoms with Gasteiger partial charge in [-0.25, -0.2) is 4.79 Å². The minimum atomic E-state index is -0.368. The molecule has 1 aromatic carbocycles. The van der Waals surface area contributed by atoms with E-state index in [9.17, 15) is 4.79 Å². The first-order chi connectivity index (χ1) is 9.84. The summed E-state index contributed by atoms with van der Waals surface area (Å²) in [7, 11) is 0. The van der Waals surface area contributed by atoms with E-state index in [1.54, 1.807) is 17.3 Å².